The molecule has 0 bridgehead atoms. The first kappa shape index (κ1) is 37.1. The Morgan fingerprint density at radius 3 is 1.59 bits per heavy atom. The normalized spacial score (nSPS) is 14.3. The van der Waals surface area contributed by atoms with E-state index in [1.807, 2.05) is 82.6 Å². The second-order valence-corrected chi connectivity index (χ2v) is 14.8. The molecule has 2 amide bonds. The van der Waals surface area contributed by atoms with E-state index in [0.717, 1.165) is 58.1 Å². The summed E-state index contributed by atoms with van der Waals surface area (Å²) in [4.78, 5) is 36.4. The molecule has 0 fully saturated rings. The molecule has 0 radical (unpaired) electrons. The smallest absolute Gasteiger partial charge is 0.405 e. The largest absolute Gasteiger partial charge is 0.573 e. The second kappa shape index (κ2) is 15.7. The van der Waals surface area contributed by atoms with Crippen LogP contribution >= 0.6 is 15.9 Å². The zero-order valence-electron chi connectivity index (χ0n) is 30.3. The van der Waals surface area contributed by atoms with E-state index in [2.05, 4.69) is 42.8 Å². The maximum absolute atomic E-state index is 13.0. The van der Waals surface area contributed by atoms with Crippen molar-refractivity contribution < 1.29 is 27.5 Å². The molecule has 2 aromatic heterocycles. The molecule has 7 aromatic rings. The number of H-pyrrole nitrogens is 2. The lowest BCUT2D eigenvalue weighted by molar-refractivity contribution is -0.274. The molecule has 2 aliphatic rings. The van der Waals surface area contributed by atoms with Gasteiger partial charge in [-0.3, -0.25) is 9.59 Å². The summed E-state index contributed by atoms with van der Waals surface area (Å²) in [7, 11) is 0. The molecule has 7 nitrogen and oxygen atoms in total. The van der Waals surface area contributed by atoms with Crippen LogP contribution < -0.4 is 4.74 Å². The second-order valence-electron chi connectivity index (χ2n) is 13.9. The van der Waals surface area contributed by atoms with Crippen molar-refractivity contribution >= 4 is 49.6 Å². The standard InChI is InChI=1S/C26H21F3N2O2.C19H17BrN2O/c27-26(28,29)33-23-12-5-4-9-18(23)19-10-6-11-22-24(19)20-13-15-31(16-14-21(20)30-22)25(32)17-7-2-1-3-8-17;20-15-7-4-8-17-18(15)14-9-11-22(12-10-16(14)21-17)19(23)13-5-2-1-3-6-13/h1-12,30H,13-16H2;1-8,21H,9-12H2. The third-order valence-corrected chi connectivity index (χ3v) is 11.2. The molecule has 0 atom stereocenters. The van der Waals surface area contributed by atoms with E-state index in [-0.39, 0.29) is 17.6 Å². The van der Waals surface area contributed by atoms with Crippen LogP contribution in [0.3, 0.4) is 0 Å². The molecule has 0 spiro atoms. The Kier molecular flexibility index (Phi) is 10.4. The number of aromatic nitrogens is 2. The Morgan fingerprint density at radius 1 is 0.554 bits per heavy atom. The van der Waals surface area contributed by atoms with E-state index >= 15 is 0 Å². The number of rotatable bonds is 4. The van der Waals surface area contributed by atoms with E-state index in [1.54, 1.807) is 24.3 Å². The highest BCUT2D eigenvalue weighted by atomic mass is 79.9. The summed E-state index contributed by atoms with van der Waals surface area (Å²) in [5.41, 5.74) is 9.15. The molecule has 0 saturated heterocycles. The van der Waals surface area contributed by atoms with Crippen molar-refractivity contribution in [3.05, 3.63) is 159 Å². The molecule has 4 heterocycles. The van der Waals surface area contributed by atoms with Crippen LogP contribution in [-0.2, 0) is 25.7 Å². The lowest BCUT2D eigenvalue weighted by Crippen LogP contribution is -2.33. The Morgan fingerprint density at radius 2 is 1.02 bits per heavy atom. The maximum atomic E-state index is 13.0. The fourth-order valence-corrected chi connectivity index (χ4v) is 8.55. The fraction of sp³-hybridized carbons (Fsp3) is 0.200. The van der Waals surface area contributed by atoms with Gasteiger partial charge in [0.15, 0.2) is 0 Å². The van der Waals surface area contributed by atoms with Crippen molar-refractivity contribution in [1.29, 1.82) is 0 Å². The van der Waals surface area contributed by atoms with Gasteiger partial charge in [0.2, 0.25) is 0 Å². The third kappa shape index (κ3) is 7.68. The number of ether oxygens (including phenoxy) is 1. The van der Waals surface area contributed by atoms with Crippen LogP contribution in [0.5, 0.6) is 5.75 Å². The average Bonchev–Trinajstić information content (AvgIpc) is 3.59. The Bertz CT molecular complexity index is 2530. The molecule has 284 valence electrons. The Labute approximate surface area is 330 Å². The van der Waals surface area contributed by atoms with Gasteiger partial charge in [-0.25, -0.2) is 0 Å². The van der Waals surface area contributed by atoms with Gasteiger partial charge in [-0.2, -0.15) is 0 Å². The first-order valence-corrected chi connectivity index (χ1v) is 19.4. The highest BCUT2D eigenvalue weighted by Gasteiger charge is 2.33. The van der Waals surface area contributed by atoms with E-state index in [0.29, 0.717) is 42.6 Å². The number of aromatic amines is 2. The Balaban J connectivity index is 0.000000168. The van der Waals surface area contributed by atoms with E-state index in [4.69, 9.17) is 0 Å². The SMILES string of the molecule is O=C(c1ccccc1)N1CCc2[nH]c3cccc(-c4ccccc4OC(F)(F)F)c3c2CC1.O=C(c1ccccc1)N1CCc2[nH]c3cccc(Br)c3c2CC1. The number of carbonyl (C=O) groups is 2. The van der Waals surface area contributed by atoms with Crippen molar-refractivity contribution in [3.63, 3.8) is 0 Å². The number of halogens is 4. The van der Waals surface area contributed by atoms with Crippen LogP contribution in [0.25, 0.3) is 32.9 Å². The molecule has 0 aliphatic carbocycles. The van der Waals surface area contributed by atoms with Crippen molar-refractivity contribution in [2.75, 3.05) is 26.2 Å². The summed E-state index contributed by atoms with van der Waals surface area (Å²) < 4.78 is 44.5. The number of alkyl halides is 3. The quantitative estimate of drug-likeness (QED) is 0.186. The van der Waals surface area contributed by atoms with Crippen LogP contribution in [0.15, 0.2) is 126 Å². The number of carbonyl (C=O) groups excluding carboxylic acids is 2. The molecule has 0 unspecified atom stereocenters. The van der Waals surface area contributed by atoms with Gasteiger partial charge in [0.25, 0.3) is 11.8 Å². The topological polar surface area (TPSA) is 81.4 Å². The molecule has 56 heavy (non-hydrogen) atoms. The maximum Gasteiger partial charge on any atom is 0.573 e. The van der Waals surface area contributed by atoms with Crippen LogP contribution in [0.1, 0.15) is 43.2 Å². The van der Waals surface area contributed by atoms with Gasteiger partial charge in [-0.15, -0.1) is 13.2 Å². The first-order valence-electron chi connectivity index (χ1n) is 18.6. The molecule has 11 heteroatoms. The monoisotopic (exact) mass is 818 g/mol. The minimum Gasteiger partial charge on any atom is -0.405 e. The van der Waals surface area contributed by atoms with Gasteiger partial charge in [0.05, 0.1) is 0 Å². The molecule has 2 aliphatic heterocycles. The summed E-state index contributed by atoms with van der Waals surface area (Å²) in [6.45, 7) is 2.61. The van der Waals surface area contributed by atoms with Crippen LogP contribution in [-0.4, -0.2) is 64.1 Å². The predicted octanol–water partition coefficient (Wildman–Crippen LogP) is 10.1. The minimum absolute atomic E-state index is 0.0193. The zero-order valence-corrected chi connectivity index (χ0v) is 31.9. The van der Waals surface area contributed by atoms with Gasteiger partial charge >= 0.3 is 6.36 Å². The highest BCUT2D eigenvalue weighted by molar-refractivity contribution is 9.10. The number of nitrogens with zero attached hydrogens (tertiary/aromatic N) is 2. The fourth-order valence-electron chi connectivity index (χ4n) is 7.94. The minimum atomic E-state index is -4.78. The third-order valence-electron chi connectivity index (χ3n) is 10.5. The number of nitrogens with one attached hydrogen (secondary N) is 2. The Hall–Kier alpha value is -5.81. The number of amides is 2. The summed E-state index contributed by atoms with van der Waals surface area (Å²) in [5.74, 6) is -0.129. The molecule has 5 aromatic carbocycles. The van der Waals surface area contributed by atoms with Gasteiger partial charge < -0.3 is 24.5 Å². The van der Waals surface area contributed by atoms with E-state index < -0.39 is 6.36 Å². The van der Waals surface area contributed by atoms with Crippen molar-refractivity contribution in [3.8, 4) is 16.9 Å². The van der Waals surface area contributed by atoms with E-state index in [1.165, 1.54) is 34.3 Å². The van der Waals surface area contributed by atoms with Gasteiger partial charge in [-0.05, 0) is 78.1 Å². The van der Waals surface area contributed by atoms with Crippen LogP contribution in [0.4, 0.5) is 13.2 Å². The molecular formula is C45H38BrF3N4O3. The summed E-state index contributed by atoms with van der Waals surface area (Å²) in [6.07, 6.45) is -1.78. The van der Waals surface area contributed by atoms with Crippen molar-refractivity contribution in [2.24, 2.45) is 0 Å². The van der Waals surface area contributed by atoms with Gasteiger partial charge in [-0.1, -0.05) is 88.7 Å². The molecule has 9 rings (SSSR count). The first-order chi connectivity index (χ1) is 27.1. The lowest BCUT2D eigenvalue weighted by Gasteiger charge is -2.20. The molecule has 2 N–H and O–H groups in total. The average molecular weight is 820 g/mol. The zero-order chi connectivity index (χ0) is 38.8. The number of fused-ring (bicyclic) bond motifs is 6. The molecular weight excluding hydrogens is 781 g/mol. The van der Waals surface area contributed by atoms with E-state index in [9.17, 15) is 22.8 Å². The molecule has 0 saturated carbocycles. The van der Waals surface area contributed by atoms with Crippen LogP contribution in [0, 0.1) is 0 Å². The summed E-state index contributed by atoms with van der Waals surface area (Å²) >= 11 is 3.66. The number of para-hydroxylation sites is 1. The van der Waals surface area contributed by atoms with Crippen molar-refractivity contribution in [2.45, 2.75) is 32.0 Å². The number of hydrogen-bond donors (Lipinski definition) is 2. The van der Waals surface area contributed by atoms with Crippen LogP contribution in [0.2, 0.25) is 0 Å². The highest BCUT2D eigenvalue weighted by Crippen LogP contribution is 2.40. The van der Waals surface area contributed by atoms with Crippen molar-refractivity contribution in [1.82, 2.24) is 19.8 Å². The summed E-state index contributed by atoms with van der Waals surface area (Å²) in [5, 5.41) is 2.14. The lowest BCUT2D eigenvalue weighted by atomic mass is 9.96. The number of hydrogen-bond acceptors (Lipinski definition) is 3. The van der Waals surface area contributed by atoms with Gasteiger partial charge in [0, 0.05) is 93.4 Å². The predicted molar refractivity (Wildman–Crippen MR) is 216 cm³/mol. The number of benzene rings is 5. The van der Waals surface area contributed by atoms with Gasteiger partial charge in [0.1, 0.15) is 5.75 Å². The summed E-state index contributed by atoms with van der Waals surface area (Å²) in [6, 6.07) is 36.7.